The Kier molecular flexibility index (Phi) is 4.50. The molecule has 1 amide bonds. The molecule has 3 heterocycles. The number of anilines is 1. The second kappa shape index (κ2) is 6.93. The van der Waals surface area contributed by atoms with E-state index >= 15 is 0 Å². The van der Waals surface area contributed by atoms with Gasteiger partial charge in [-0.2, -0.15) is 10.1 Å². The number of carbonyl (C=O) groups is 1. The van der Waals surface area contributed by atoms with Crippen molar-refractivity contribution in [1.29, 1.82) is 0 Å². The molecule has 1 atom stereocenters. The zero-order valence-corrected chi connectivity index (χ0v) is 14.6. The number of fused-ring (bicyclic) bond motifs is 1. The first-order valence-corrected chi connectivity index (χ1v) is 8.91. The second-order valence-corrected chi connectivity index (χ2v) is 6.78. The highest BCUT2D eigenvalue weighted by Crippen LogP contribution is 2.28. The first-order chi connectivity index (χ1) is 12.2. The van der Waals surface area contributed by atoms with Crippen molar-refractivity contribution in [2.45, 2.75) is 19.0 Å². The third kappa shape index (κ3) is 3.17. The number of hydrogen-bond acceptors (Lipinski definition) is 5. The summed E-state index contributed by atoms with van der Waals surface area (Å²) in [5, 5.41) is 4.24. The Morgan fingerprint density at radius 3 is 2.56 bits per heavy atom. The van der Waals surface area contributed by atoms with Gasteiger partial charge in [-0.05, 0) is 19.0 Å². The number of nitrogens with zero attached hydrogens (tertiary/aromatic N) is 6. The lowest BCUT2D eigenvalue weighted by atomic mass is 10.0. The Bertz CT molecular complexity index is 722. The van der Waals surface area contributed by atoms with Gasteiger partial charge in [-0.1, -0.05) is 30.3 Å². The summed E-state index contributed by atoms with van der Waals surface area (Å²) in [5.41, 5.74) is 1.05. The van der Waals surface area contributed by atoms with Crippen LogP contribution in [0.1, 0.15) is 18.0 Å². The summed E-state index contributed by atoms with van der Waals surface area (Å²) < 4.78 is 1.83. The van der Waals surface area contributed by atoms with Gasteiger partial charge in [-0.25, -0.2) is 4.68 Å². The fraction of sp³-hybridized carbons (Fsp3) is 0.500. The number of likely N-dealkylation sites (N-methyl/N-ethyl adjacent to an activating group) is 1. The topological polar surface area (TPSA) is 57.5 Å². The zero-order chi connectivity index (χ0) is 17.2. The summed E-state index contributed by atoms with van der Waals surface area (Å²) in [4.78, 5) is 24.3. The van der Waals surface area contributed by atoms with Gasteiger partial charge in [-0.3, -0.25) is 14.6 Å². The van der Waals surface area contributed by atoms with E-state index in [1.165, 1.54) is 6.33 Å². The number of amides is 1. The second-order valence-electron chi connectivity index (χ2n) is 6.78. The Labute approximate surface area is 147 Å². The number of aromatic nitrogens is 3. The van der Waals surface area contributed by atoms with Crippen LogP contribution in [0.4, 0.5) is 5.95 Å². The molecule has 25 heavy (non-hydrogen) atoms. The normalized spacial score (nSPS) is 20.3. The third-order valence-corrected chi connectivity index (χ3v) is 5.11. The predicted octanol–water partition coefficient (Wildman–Crippen LogP) is 1.00. The maximum atomic E-state index is 13.5. The Balaban J connectivity index is 1.65. The molecule has 0 N–H and O–H groups in total. The van der Waals surface area contributed by atoms with E-state index in [0.29, 0.717) is 12.5 Å². The molecule has 1 fully saturated rings. The van der Waals surface area contributed by atoms with Crippen LogP contribution in [0.25, 0.3) is 0 Å². The standard InChI is InChI=1S/C18H24N6O/c1-21-10-12-22(13-11-21)16(15-6-3-2-4-7-15)17(25)23-8-5-9-24-18(23)19-14-20-24/h2-4,6-7,14,16H,5,8-13H2,1H3/t16-/m0/s1. The maximum Gasteiger partial charge on any atom is 0.251 e. The molecule has 0 spiro atoms. The highest BCUT2D eigenvalue weighted by molar-refractivity contribution is 5.96. The minimum Gasteiger partial charge on any atom is -0.304 e. The maximum absolute atomic E-state index is 13.5. The fourth-order valence-corrected chi connectivity index (χ4v) is 3.68. The van der Waals surface area contributed by atoms with E-state index in [9.17, 15) is 4.79 Å². The molecule has 0 bridgehead atoms. The Morgan fingerprint density at radius 2 is 1.80 bits per heavy atom. The van der Waals surface area contributed by atoms with E-state index in [0.717, 1.165) is 44.7 Å². The zero-order valence-electron chi connectivity index (χ0n) is 14.6. The molecule has 2 aliphatic heterocycles. The minimum atomic E-state index is -0.266. The van der Waals surface area contributed by atoms with Gasteiger partial charge >= 0.3 is 0 Å². The van der Waals surface area contributed by atoms with Crippen LogP contribution in [0, 0.1) is 0 Å². The van der Waals surface area contributed by atoms with Gasteiger partial charge in [0.15, 0.2) is 0 Å². The van der Waals surface area contributed by atoms with E-state index in [4.69, 9.17) is 0 Å². The van der Waals surface area contributed by atoms with Gasteiger partial charge in [0.1, 0.15) is 12.4 Å². The van der Waals surface area contributed by atoms with Crippen molar-refractivity contribution < 1.29 is 4.79 Å². The van der Waals surface area contributed by atoms with Crippen LogP contribution in [0.3, 0.4) is 0 Å². The SMILES string of the molecule is CN1CCN([C@H](C(=O)N2CCCn3ncnc32)c2ccccc2)CC1. The molecule has 1 saturated heterocycles. The lowest BCUT2D eigenvalue weighted by Gasteiger charge is -2.39. The molecule has 1 aromatic heterocycles. The Hall–Kier alpha value is -2.25. The third-order valence-electron chi connectivity index (χ3n) is 5.11. The van der Waals surface area contributed by atoms with Crippen LogP contribution in [-0.2, 0) is 11.3 Å². The summed E-state index contributed by atoms with van der Waals surface area (Å²) in [5.74, 6) is 0.774. The van der Waals surface area contributed by atoms with Crippen LogP contribution in [-0.4, -0.2) is 70.2 Å². The molecule has 2 aliphatic rings. The van der Waals surface area contributed by atoms with Crippen molar-refractivity contribution >= 4 is 11.9 Å². The smallest absolute Gasteiger partial charge is 0.251 e. The van der Waals surface area contributed by atoms with Crippen molar-refractivity contribution in [3.8, 4) is 0 Å². The predicted molar refractivity (Wildman–Crippen MR) is 95.2 cm³/mol. The van der Waals surface area contributed by atoms with Gasteiger partial charge < -0.3 is 4.90 Å². The van der Waals surface area contributed by atoms with Crippen molar-refractivity contribution in [1.82, 2.24) is 24.6 Å². The van der Waals surface area contributed by atoms with Gasteiger partial charge in [0.2, 0.25) is 5.95 Å². The minimum absolute atomic E-state index is 0.102. The number of aryl methyl sites for hydroxylation is 1. The summed E-state index contributed by atoms with van der Waals surface area (Å²) in [6, 6.07) is 9.84. The van der Waals surface area contributed by atoms with Crippen molar-refractivity contribution in [3.05, 3.63) is 42.2 Å². The first kappa shape index (κ1) is 16.2. The number of hydrogen-bond donors (Lipinski definition) is 0. The monoisotopic (exact) mass is 340 g/mol. The molecule has 7 nitrogen and oxygen atoms in total. The van der Waals surface area contributed by atoms with E-state index in [1.807, 2.05) is 27.8 Å². The average Bonchev–Trinajstić information content (AvgIpc) is 3.13. The number of piperazine rings is 1. The lowest BCUT2D eigenvalue weighted by Crippen LogP contribution is -2.51. The van der Waals surface area contributed by atoms with Crippen LogP contribution >= 0.6 is 0 Å². The molecule has 7 heteroatoms. The molecule has 0 saturated carbocycles. The fourth-order valence-electron chi connectivity index (χ4n) is 3.68. The molecular formula is C18H24N6O. The van der Waals surface area contributed by atoms with Crippen molar-refractivity contribution in [2.24, 2.45) is 0 Å². The molecule has 0 unspecified atom stereocenters. The number of rotatable bonds is 3. The number of carbonyl (C=O) groups excluding carboxylic acids is 1. The van der Waals surface area contributed by atoms with E-state index in [1.54, 1.807) is 0 Å². The molecule has 0 radical (unpaired) electrons. The summed E-state index contributed by atoms with van der Waals surface area (Å²) in [7, 11) is 2.13. The summed E-state index contributed by atoms with van der Waals surface area (Å²) in [6.45, 7) is 5.27. The molecule has 1 aromatic carbocycles. The summed E-state index contributed by atoms with van der Waals surface area (Å²) >= 11 is 0. The van der Waals surface area contributed by atoms with E-state index in [2.05, 4.69) is 39.1 Å². The quantitative estimate of drug-likeness (QED) is 0.834. The molecular weight excluding hydrogens is 316 g/mol. The lowest BCUT2D eigenvalue weighted by molar-refractivity contribution is -0.125. The van der Waals surface area contributed by atoms with Gasteiger partial charge in [0, 0.05) is 39.3 Å². The van der Waals surface area contributed by atoms with Crippen LogP contribution in [0.15, 0.2) is 36.7 Å². The molecule has 2 aromatic rings. The highest BCUT2D eigenvalue weighted by Gasteiger charge is 2.35. The van der Waals surface area contributed by atoms with Gasteiger partial charge in [0.05, 0.1) is 0 Å². The summed E-state index contributed by atoms with van der Waals surface area (Å²) in [6.07, 6.45) is 2.45. The first-order valence-electron chi connectivity index (χ1n) is 8.91. The molecule has 132 valence electrons. The van der Waals surface area contributed by atoms with E-state index < -0.39 is 0 Å². The highest BCUT2D eigenvalue weighted by atomic mass is 16.2. The van der Waals surface area contributed by atoms with Crippen LogP contribution < -0.4 is 4.90 Å². The largest absolute Gasteiger partial charge is 0.304 e. The van der Waals surface area contributed by atoms with Crippen LogP contribution in [0.2, 0.25) is 0 Å². The van der Waals surface area contributed by atoms with Crippen molar-refractivity contribution in [2.75, 3.05) is 44.7 Å². The van der Waals surface area contributed by atoms with E-state index in [-0.39, 0.29) is 11.9 Å². The van der Waals surface area contributed by atoms with Crippen molar-refractivity contribution in [3.63, 3.8) is 0 Å². The number of benzene rings is 1. The van der Waals surface area contributed by atoms with Gasteiger partial charge in [-0.15, -0.1) is 0 Å². The average molecular weight is 340 g/mol. The van der Waals surface area contributed by atoms with Crippen LogP contribution in [0.5, 0.6) is 0 Å². The molecule has 4 rings (SSSR count). The Morgan fingerprint density at radius 1 is 1.04 bits per heavy atom. The van der Waals surface area contributed by atoms with Gasteiger partial charge in [0.25, 0.3) is 5.91 Å². The molecule has 0 aliphatic carbocycles.